The number of benzene rings is 2. The van der Waals surface area contributed by atoms with Crippen LogP contribution >= 0.6 is 11.3 Å². The van der Waals surface area contributed by atoms with Crippen LogP contribution in [-0.4, -0.2) is 36.5 Å². The molecule has 0 saturated heterocycles. The first-order valence-corrected chi connectivity index (χ1v) is 13.3. The Balaban J connectivity index is 1.57. The molecule has 0 bridgehead atoms. The van der Waals surface area contributed by atoms with Gasteiger partial charge in [0.2, 0.25) is 15.9 Å². The molecule has 0 aliphatic rings. The number of amides is 1. The van der Waals surface area contributed by atoms with Crippen LogP contribution in [0.2, 0.25) is 0 Å². The number of nitrogens with one attached hydrogen (secondary N) is 2. The van der Waals surface area contributed by atoms with E-state index in [1.807, 2.05) is 26.8 Å². The molecule has 0 radical (unpaired) electrons. The number of hydrogen-bond donors (Lipinski definition) is 2. The lowest BCUT2D eigenvalue weighted by atomic mass is 10.0. The van der Waals surface area contributed by atoms with E-state index in [1.165, 1.54) is 41.2 Å². The van der Waals surface area contributed by atoms with Crippen LogP contribution in [-0.2, 0) is 21.9 Å². The highest BCUT2D eigenvalue weighted by molar-refractivity contribution is 7.89. The van der Waals surface area contributed by atoms with E-state index >= 15 is 0 Å². The van der Waals surface area contributed by atoms with Gasteiger partial charge in [-0.15, -0.1) is 0 Å². The Bertz CT molecular complexity index is 1550. The van der Waals surface area contributed by atoms with Crippen molar-refractivity contribution in [1.82, 2.24) is 14.3 Å². The third-order valence-electron chi connectivity index (χ3n) is 5.30. The van der Waals surface area contributed by atoms with Crippen LogP contribution in [0.4, 0.5) is 5.13 Å². The molecule has 12 heteroatoms. The summed E-state index contributed by atoms with van der Waals surface area (Å²) in [4.78, 5) is 29.2. The Morgan fingerprint density at radius 3 is 2.71 bits per heavy atom. The summed E-state index contributed by atoms with van der Waals surface area (Å²) in [7, 11) is -2.56. The number of ether oxygens (including phenoxy) is 1. The second kappa shape index (κ2) is 9.80. The van der Waals surface area contributed by atoms with Gasteiger partial charge in [-0.1, -0.05) is 25.2 Å². The van der Waals surface area contributed by atoms with Gasteiger partial charge in [-0.3, -0.25) is 9.36 Å². The molecule has 2 aromatic heterocycles. The van der Waals surface area contributed by atoms with Crippen LogP contribution in [0.1, 0.15) is 27.2 Å². The number of carbonyl (C=O) groups is 1. The van der Waals surface area contributed by atoms with Gasteiger partial charge in [-0.2, -0.15) is 4.72 Å². The van der Waals surface area contributed by atoms with Crippen molar-refractivity contribution < 1.29 is 22.4 Å². The van der Waals surface area contributed by atoms with Gasteiger partial charge in [-0.05, 0) is 49.6 Å². The zero-order valence-electron chi connectivity index (χ0n) is 19.7. The smallest absolute Gasteiger partial charge is 0.419 e. The summed E-state index contributed by atoms with van der Waals surface area (Å²) in [6, 6.07) is 8.55. The third kappa shape index (κ3) is 5.39. The van der Waals surface area contributed by atoms with E-state index in [9.17, 15) is 18.0 Å². The number of fused-ring (bicyclic) bond motifs is 2. The fraction of sp³-hybridized carbons (Fsp3) is 0.348. The first-order chi connectivity index (χ1) is 16.6. The standard InChI is InChI=1S/C23H26N4O6S2/c1-5-32-14-6-8-16-20(11-14)34-22(24-16)25-21(28)17(10-13(2)3)26-35(30,31)15-7-9-18-19(12-15)33-23(29)27(18)4/h6-9,11-13,17,26H,5,10H2,1-4H3,(H,24,25,28)/t17-/m1/s1. The SMILES string of the molecule is CCOc1ccc2nc(NC(=O)[C@@H](CC(C)C)NS(=O)(=O)c3ccc4c(c3)oc(=O)n4C)sc2c1. The molecule has 4 rings (SSSR count). The molecule has 4 aromatic rings. The summed E-state index contributed by atoms with van der Waals surface area (Å²) >= 11 is 1.28. The Morgan fingerprint density at radius 2 is 2.00 bits per heavy atom. The molecule has 186 valence electrons. The van der Waals surface area contributed by atoms with Crippen LogP contribution < -0.4 is 20.5 Å². The van der Waals surface area contributed by atoms with Gasteiger partial charge in [0.1, 0.15) is 11.8 Å². The fourth-order valence-corrected chi connectivity index (χ4v) is 5.74. The van der Waals surface area contributed by atoms with E-state index in [-0.39, 0.29) is 22.8 Å². The minimum atomic E-state index is -4.09. The van der Waals surface area contributed by atoms with Crippen LogP contribution in [0.3, 0.4) is 0 Å². The molecular weight excluding hydrogens is 492 g/mol. The van der Waals surface area contributed by atoms with Gasteiger partial charge in [0.15, 0.2) is 10.7 Å². The lowest BCUT2D eigenvalue weighted by Gasteiger charge is -2.19. The Labute approximate surface area is 206 Å². The molecule has 0 aliphatic carbocycles. The topological polar surface area (TPSA) is 133 Å². The minimum Gasteiger partial charge on any atom is -0.494 e. The van der Waals surface area contributed by atoms with E-state index in [4.69, 9.17) is 9.15 Å². The van der Waals surface area contributed by atoms with Crippen LogP contribution in [0.25, 0.3) is 21.3 Å². The second-order valence-corrected chi connectivity index (χ2v) is 11.2. The quantitative estimate of drug-likeness (QED) is 0.347. The Hall–Kier alpha value is -3.22. The molecule has 35 heavy (non-hydrogen) atoms. The first-order valence-electron chi connectivity index (χ1n) is 11.0. The number of carbonyl (C=O) groups excluding carboxylic acids is 1. The third-order valence-corrected chi connectivity index (χ3v) is 7.70. The van der Waals surface area contributed by atoms with E-state index < -0.39 is 27.7 Å². The minimum absolute atomic E-state index is 0.0344. The summed E-state index contributed by atoms with van der Waals surface area (Å²) in [6.07, 6.45) is 0.271. The maximum absolute atomic E-state index is 13.1. The molecule has 0 spiro atoms. The highest BCUT2D eigenvalue weighted by atomic mass is 32.2. The Morgan fingerprint density at radius 1 is 1.23 bits per heavy atom. The molecule has 0 aliphatic heterocycles. The maximum atomic E-state index is 13.1. The molecule has 2 heterocycles. The average Bonchev–Trinajstić information content (AvgIpc) is 3.31. The number of hydrogen-bond acceptors (Lipinski definition) is 8. The van der Waals surface area contributed by atoms with Crippen molar-refractivity contribution in [2.24, 2.45) is 13.0 Å². The summed E-state index contributed by atoms with van der Waals surface area (Å²) in [5, 5.41) is 3.10. The summed E-state index contributed by atoms with van der Waals surface area (Å²) in [5.41, 5.74) is 1.31. The van der Waals surface area contributed by atoms with Crippen molar-refractivity contribution in [3.05, 3.63) is 46.9 Å². The molecule has 2 N–H and O–H groups in total. The summed E-state index contributed by atoms with van der Waals surface area (Å²) in [5.74, 6) is -0.368. The Kier molecular flexibility index (Phi) is 6.97. The van der Waals surface area contributed by atoms with Crippen LogP contribution in [0, 0.1) is 5.92 Å². The normalized spacial score (nSPS) is 12.9. The number of oxazole rings is 1. The number of rotatable bonds is 9. The fourth-order valence-electron chi connectivity index (χ4n) is 3.62. The summed E-state index contributed by atoms with van der Waals surface area (Å²) < 4.78 is 41.4. The number of nitrogens with zero attached hydrogens (tertiary/aromatic N) is 2. The molecular formula is C23H26N4O6S2. The predicted octanol–water partition coefficient (Wildman–Crippen LogP) is 3.47. The molecule has 0 saturated carbocycles. The van der Waals surface area contributed by atoms with Gasteiger partial charge in [0.25, 0.3) is 0 Å². The monoisotopic (exact) mass is 518 g/mol. The van der Waals surface area contributed by atoms with Crippen LogP contribution in [0.5, 0.6) is 5.75 Å². The summed E-state index contributed by atoms with van der Waals surface area (Å²) in [6.45, 7) is 6.22. The average molecular weight is 519 g/mol. The van der Waals surface area contributed by atoms with E-state index in [1.54, 1.807) is 12.1 Å². The highest BCUT2D eigenvalue weighted by Crippen LogP contribution is 2.29. The molecule has 1 atom stereocenters. The lowest BCUT2D eigenvalue weighted by molar-refractivity contribution is -0.118. The highest BCUT2D eigenvalue weighted by Gasteiger charge is 2.28. The lowest BCUT2D eigenvalue weighted by Crippen LogP contribution is -2.44. The van der Waals surface area contributed by atoms with Crippen molar-refractivity contribution in [3.63, 3.8) is 0 Å². The zero-order chi connectivity index (χ0) is 25.3. The van der Waals surface area contributed by atoms with Crippen molar-refractivity contribution >= 4 is 53.7 Å². The van der Waals surface area contributed by atoms with Crippen molar-refractivity contribution in [3.8, 4) is 5.75 Å². The van der Waals surface area contributed by atoms with Crippen molar-refractivity contribution in [1.29, 1.82) is 0 Å². The van der Waals surface area contributed by atoms with Gasteiger partial charge in [-0.25, -0.2) is 18.2 Å². The predicted molar refractivity (Wildman–Crippen MR) is 134 cm³/mol. The first kappa shape index (κ1) is 24.9. The number of aromatic nitrogens is 2. The van der Waals surface area contributed by atoms with Crippen LogP contribution in [0.15, 0.2) is 50.5 Å². The van der Waals surface area contributed by atoms with E-state index in [0.717, 1.165) is 4.70 Å². The molecule has 10 nitrogen and oxygen atoms in total. The molecule has 0 fully saturated rings. The maximum Gasteiger partial charge on any atom is 0.419 e. The molecule has 1 amide bonds. The van der Waals surface area contributed by atoms with Gasteiger partial charge in [0.05, 0.1) is 27.2 Å². The number of sulfonamides is 1. The number of thiazole rings is 1. The second-order valence-electron chi connectivity index (χ2n) is 8.43. The largest absolute Gasteiger partial charge is 0.494 e. The van der Waals surface area contributed by atoms with E-state index in [0.29, 0.717) is 28.5 Å². The molecule has 2 aromatic carbocycles. The zero-order valence-corrected chi connectivity index (χ0v) is 21.3. The molecule has 0 unspecified atom stereocenters. The number of anilines is 1. The van der Waals surface area contributed by atoms with Gasteiger partial charge < -0.3 is 14.5 Å². The number of aryl methyl sites for hydroxylation is 1. The van der Waals surface area contributed by atoms with Gasteiger partial charge in [0, 0.05) is 13.1 Å². The van der Waals surface area contributed by atoms with Gasteiger partial charge >= 0.3 is 5.76 Å². The van der Waals surface area contributed by atoms with Crippen molar-refractivity contribution in [2.75, 3.05) is 11.9 Å². The van der Waals surface area contributed by atoms with Crippen molar-refractivity contribution in [2.45, 2.75) is 38.1 Å². The van der Waals surface area contributed by atoms with E-state index in [2.05, 4.69) is 15.0 Å².